The highest BCUT2D eigenvalue weighted by atomic mass is 16.6. The van der Waals surface area contributed by atoms with Crippen LogP contribution in [0.2, 0.25) is 0 Å². The molecule has 2 rings (SSSR count). The van der Waals surface area contributed by atoms with Gasteiger partial charge in [0.1, 0.15) is 6.10 Å². The van der Waals surface area contributed by atoms with Gasteiger partial charge in [-0.15, -0.1) is 0 Å². The first-order chi connectivity index (χ1) is 6.03. The van der Waals surface area contributed by atoms with Crippen LogP contribution in [0.4, 0.5) is 0 Å². The Balaban J connectivity index is 2.25. The molecule has 13 heavy (non-hydrogen) atoms. The van der Waals surface area contributed by atoms with Gasteiger partial charge in [-0.05, 0) is 32.6 Å². The Kier molecular flexibility index (Phi) is 1.90. The molecule has 1 saturated carbocycles. The monoisotopic (exact) mass is 182 g/mol. The second-order valence-corrected chi connectivity index (χ2v) is 5.11. The second kappa shape index (κ2) is 2.73. The average Bonchev–Trinajstić information content (AvgIpc) is 2.28. The molecule has 0 amide bonds. The molecular formula is C11H18O2. The van der Waals surface area contributed by atoms with Crippen LogP contribution in [0, 0.1) is 17.3 Å². The average molecular weight is 182 g/mol. The Morgan fingerprint density at radius 1 is 1.38 bits per heavy atom. The van der Waals surface area contributed by atoms with E-state index in [0.29, 0.717) is 11.8 Å². The van der Waals surface area contributed by atoms with Crippen molar-refractivity contribution < 1.29 is 9.53 Å². The lowest BCUT2D eigenvalue weighted by Gasteiger charge is -2.33. The SMILES string of the molecule is C[C@@H]1CCC[C@H]2[C@@H]1OC(=O)C2(C)C. The van der Waals surface area contributed by atoms with E-state index in [1.165, 1.54) is 12.8 Å². The molecule has 74 valence electrons. The summed E-state index contributed by atoms with van der Waals surface area (Å²) in [5.74, 6) is 1.03. The molecule has 0 aromatic carbocycles. The fourth-order valence-corrected chi connectivity index (χ4v) is 2.78. The summed E-state index contributed by atoms with van der Waals surface area (Å²) in [6.45, 7) is 6.25. The predicted molar refractivity (Wildman–Crippen MR) is 50.2 cm³/mol. The van der Waals surface area contributed by atoms with Crippen LogP contribution in [0.5, 0.6) is 0 Å². The van der Waals surface area contributed by atoms with E-state index in [9.17, 15) is 4.79 Å². The second-order valence-electron chi connectivity index (χ2n) is 5.11. The van der Waals surface area contributed by atoms with Crippen molar-refractivity contribution in [3.8, 4) is 0 Å². The first-order valence-electron chi connectivity index (χ1n) is 5.24. The summed E-state index contributed by atoms with van der Waals surface area (Å²) < 4.78 is 5.45. The van der Waals surface area contributed by atoms with Crippen molar-refractivity contribution in [1.82, 2.24) is 0 Å². The summed E-state index contributed by atoms with van der Waals surface area (Å²) in [6, 6.07) is 0. The smallest absolute Gasteiger partial charge is 0.312 e. The Morgan fingerprint density at radius 2 is 2.08 bits per heavy atom. The van der Waals surface area contributed by atoms with E-state index < -0.39 is 0 Å². The standard InChI is InChI=1S/C11H18O2/c1-7-5-4-6-8-9(7)13-10(12)11(8,2)3/h7-9H,4-6H2,1-3H3/t7-,8+,9-/m1/s1. The summed E-state index contributed by atoms with van der Waals surface area (Å²) in [6.07, 6.45) is 3.83. The van der Waals surface area contributed by atoms with Crippen molar-refractivity contribution in [2.75, 3.05) is 0 Å². The van der Waals surface area contributed by atoms with E-state index in [1.54, 1.807) is 0 Å². The zero-order valence-electron chi connectivity index (χ0n) is 8.67. The lowest BCUT2D eigenvalue weighted by Crippen LogP contribution is -2.34. The molecule has 0 bridgehead atoms. The molecule has 0 spiro atoms. The van der Waals surface area contributed by atoms with Gasteiger partial charge < -0.3 is 4.74 Å². The van der Waals surface area contributed by atoms with Crippen molar-refractivity contribution in [3.63, 3.8) is 0 Å². The maximum atomic E-state index is 11.6. The third kappa shape index (κ3) is 1.18. The topological polar surface area (TPSA) is 26.3 Å². The van der Waals surface area contributed by atoms with Gasteiger partial charge >= 0.3 is 5.97 Å². The lowest BCUT2D eigenvalue weighted by molar-refractivity contribution is -0.148. The number of carbonyl (C=O) groups is 1. The van der Waals surface area contributed by atoms with Gasteiger partial charge in [0.05, 0.1) is 5.41 Å². The van der Waals surface area contributed by atoms with Crippen LogP contribution < -0.4 is 0 Å². The van der Waals surface area contributed by atoms with Crippen LogP contribution in [-0.4, -0.2) is 12.1 Å². The molecule has 2 fully saturated rings. The fraction of sp³-hybridized carbons (Fsp3) is 0.909. The number of ether oxygens (including phenoxy) is 1. The highest BCUT2D eigenvalue weighted by Crippen LogP contribution is 2.48. The van der Waals surface area contributed by atoms with Gasteiger partial charge in [0.25, 0.3) is 0 Å². The molecule has 0 N–H and O–H groups in total. The summed E-state index contributed by atoms with van der Waals surface area (Å²) >= 11 is 0. The molecular weight excluding hydrogens is 164 g/mol. The number of rotatable bonds is 0. The van der Waals surface area contributed by atoms with Crippen LogP contribution in [0.3, 0.4) is 0 Å². The third-order valence-electron chi connectivity index (χ3n) is 3.83. The van der Waals surface area contributed by atoms with E-state index in [2.05, 4.69) is 6.92 Å². The molecule has 3 atom stereocenters. The quantitative estimate of drug-likeness (QED) is 0.538. The summed E-state index contributed by atoms with van der Waals surface area (Å²) in [5, 5.41) is 0. The first kappa shape index (κ1) is 9.04. The molecule has 1 aliphatic heterocycles. The first-order valence-corrected chi connectivity index (χ1v) is 5.24. The van der Waals surface area contributed by atoms with Crippen molar-refractivity contribution >= 4 is 5.97 Å². The summed E-state index contributed by atoms with van der Waals surface area (Å²) in [7, 11) is 0. The third-order valence-corrected chi connectivity index (χ3v) is 3.83. The largest absolute Gasteiger partial charge is 0.461 e. The summed E-state index contributed by atoms with van der Waals surface area (Å²) in [5.41, 5.74) is -0.237. The van der Waals surface area contributed by atoms with Gasteiger partial charge in [-0.25, -0.2) is 0 Å². The molecule has 0 radical (unpaired) electrons. The maximum absolute atomic E-state index is 11.6. The minimum Gasteiger partial charge on any atom is -0.461 e. The number of carbonyl (C=O) groups excluding carboxylic acids is 1. The van der Waals surface area contributed by atoms with Crippen LogP contribution in [0.25, 0.3) is 0 Å². The van der Waals surface area contributed by atoms with Crippen LogP contribution >= 0.6 is 0 Å². The van der Waals surface area contributed by atoms with Crippen molar-refractivity contribution in [3.05, 3.63) is 0 Å². The van der Waals surface area contributed by atoms with E-state index in [0.717, 1.165) is 6.42 Å². The molecule has 2 aliphatic rings. The van der Waals surface area contributed by atoms with Crippen molar-refractivity contribution in [1.29, 1.82) is 0 Å². The van der Waals surface area contributed by atoms with Crippen LogP contribution in [0.1, 0.15) is 40.0 Å². The van der Waals surface area contributed by atoms with Gasteiger partial charge in [0, 0.05) is 5.92 Å². The normalized spacial score (nSPS) is 42.7. The van der Waals surface area contributed by atoms with E-state index >= 15 is 0 Å². The molecule has 2 nitrogen and oxygen atoms in total. The maximum Gasteiger partial charge on any atom is 0.312 e. The molecule has 1 saturated heterocycles. The Labute approximate surface area is 79.7 Å². The Bertz CT molecular complexity index is 232. The van der Waals surface area contributed by atoms with Crippen LogP contribution in [0.15, 0.2) is 0 Å². The summed E-state index contributed by atoms with van der Waals surface area (Å²) in [4.78, 5) is 11.6. The number of hydrogen-bond donors (Lipinski definition) is 0. The molecule has 1 heterocycles. The molecule has 0 unspecified atom stereocenters. The fourth-order valence-electron chi connectivity index (χ4n) is 2.78. The highest BCUT2D eigenvalue weighted by molar-refractivity contribution is 5.78. The minimum atomic E-state index is -0.237. The minimum absolute atomic E-state index is 0.0104. The lowest BCUT2D eigenvalue weighted by atomic mass is 9.69. The number of esters is 1. The highest BCUT2D eigenvalue weighted by Gasteiger charge is 2.53. The van der Waals surface area contributed by atoms with Gasteiger partial charge in [-0.1, -0.05) is 13.3 Å². The molecule has 0 aromatic rings. The van der Waals surface area contributed by atoms with Gasteiger partial charge in [0.15, 0.2) is 0 Å². The molecule has 2 heteroatoms. The van der Waals surface area contributed by atoms with E-state index in [4.69, 9.17) is 4.74 Å². The molecule has 0 aromatic heterocycles. The number of fused-ring (bicyclic) bond motifs is 1. The van der Waals surface area contributed by atoms with Crippen molar-refractivity contribution in [2.24, 2.45) is 17.3 Å². The zero-order valence-corrected chi connectivity index (χ0v) is 8.67. The zero-order chi connectivity index (χ0) is 9.64. The number of hydrogen-bond acceptors (Lipinski definition) is 2. The predicted octanol–water partition coefficient (Wildman–Crippen LogP) is 2.37. The van der Waals surface area contributed by atoms with Gasteiger partial charge in [0.2, 0.25) is 0 Å². The Morgan fingerprint density at radius 3 is 2.69 bits per heavy atom. The van der Waals surface area contributed by atoms with Gasteiger partial charge in [-0.2, -0.15) is 0 Å². The van der Waals surface area contributed by atoms with Crippen LogP contribution in [-0.2, 0) is 9.53 Å². The van der Waals surface area contributed by atoms with Gasteiger partial charge in [-0.3, -0.25) is 4.79 Å². The van der Waals surface area contributed by atoms with E-state index in [-0.39, 0.29) is 17.5 Å². The van der Waals surface area contributed by atoms with E-state index in [1.807, 2.05) is 13.8 Å². The molecule has 1 aliphatic carbocycles. The Hall–Kier alpha value is -0.530. The van der Waals surface area contributed by atoms with Crippen molar-refractivity contribution in [2.45, 2.75) is 46.1 Å².